The maximum atomic E-state index is 12.6. The molecule has 0 spiro atoms. The van der Waals surface area contributed by atoms with E-state index >= 15 is 0 Å². The van der Waals surface area contributed by atoms with Crippen LogP contribution in [0.2, 0.25) is 0 Å². The standard InChI is InChI=1S/C30H28N2O8S2/c33-29(31-19-13-15-41(35,36)17-19)39-27-11-9-23(21-5-1-3-7-25(21)27)24-10-12-28(26-8-4-2-6-22(24)26)40-30(34)32-20-14-16-42(37,38)18-20/h1-12,19-20H,13-18H2,(H,31,33)(H,32,34)/t19-,20-/m0/s1. The first-order valence-electron chi connectivity index (χ1n) is 13.5. The van der Waals surface area contributed by atoms with Gasteiger partial charge in [0.2, 0.25) is 0 Å². The normalized spacial score (nSPS) is 20.8. The molecule has 2 amide bonds. The zero-order valence-electron chi connectivity index (χ0n) is 22.4. The molecule has 2 heterocycles. The zero-order chi connectivity index (χ0) is 29.5. The third kappa shape index (κ3) is 5.90. The van der Waals surface area contributed by atoms with Gasteiger partial charge in [0, 0.05) is 22.9 Å². The Balaban J connectivity index is 1.28. The second-order valence-electron chi connectivity index (χ2n) is 10.6. The first-order valence-corrected chi connectivity index (χ1v) is 17.1. The summed E-state index contributed by atoms with van der Waals surface area (Å²) in [6.45, 7) is 0. The summed E-state index contributed by atoms with van der Waals surface area (Å²) in [5.41, 5.74) is 1.73. The zero-order valence-corrected chi connectivity index (χ0v) is 24.0. The van der Waals surface area contributed by atoms with E-state index in [1.165, 1.54) is 0 Å². The van der Waals surface area contributed by atoms with Crippen LogP contribution < -0.4 is 20.1 Å². The molecular weight excluding hydrogens is 580 g/mol. The molecule has 0 saturated carbocycles. The van der Waals surface area contributed by atoms with Crippen LogP contribution >= 0.6 is 0 Å². The van der Waals surface area contributed by atoms with Gasteiger partial charge >= 0.3 is 12.2 Å². The Bertz CT molecular complexity index is 1800. The lowest BCUT2D eigenvalue weighted by Crippen LogP contribution is -2.37. The average Bonchev–Trinajstić information content (AvgIpc) is 3.48. The minimum atomic E-state index is -3.15. The molecule has 2 aliphatic heterocycles. The summed E-state index contributed by atoms with van der Waals surface area (Å²) in [7, 11) is -6.29. The van der Waals surface area contributed by atoms with Crippen LogP contribution in [0.5, 0.6) is 11.5 Å². The molecule has 0 unspecified atom stereocenters. The van der Waals surface area contributed by atoms with Crippen molar-refractivity contribution in [1.29, 1.82) is 0 Å². The predicted octanol–water partition coefficient (Wildman–Crippen LogP) is 4.21. The van der Waals surface area contributed by atoms with E-state index in [4.69, 9.17) is 9.47 Å². The van der Waals surface area contributed by atoms with Gasteiger partial charge in [0.15, 0.2) is 19.7 Å². The van der Waals surface area contributed by atoms with Gasteiger partial charge in [0.1, 0.15) is 11.5 Å². The van der Waals surface area contributed by atoms with Gasteiger partial charge in [0.05, 0.1) is 23.0 Å². The summed E-state index contributed by atoms with van der Waals surface area (Å²) < 4.78 is 58.2. The number of carbonyl (C=O) groups is 2. The van der Waals surface area contributed by atoms with Crippen molar-refractivity contribution in [2.24, 2.45) is 0 Å². The summed E-state index contributed by atoms with van der Waals surface area (Å²) in [5, 5.41) is 8.34. The second kappa shape index (κ2) is 10.9. The van der Waals surface area contributed by atoms with E-state index in [-0.39, 0.29) is 23.0 Å². The fourth-order valence-corrected chi connectivity index (χ4v) is 8.95. The molecule has 6 rings (SSSR count). The van der Waals surface area contributed by atoms with Crippen molar-refractivity contribution >= 4 is 53.4 Å². The Hall–Kier alpha value is -4.16. The van der Waals surface area contributed by atoms with E-state index in [1.54, 1.807) is 12.1 Å². The van der Waals surface area contributed by atoms with Gasteiger partial charge in [-0.2, -0.15) is 0 Å². The third-order valence-electron chi connectivity index (χ3n) is 7.57. The first kappa shape index (κ1) is 28.0. The minimum absolute atomic E-state index is 0.0445. The first-order chi connectivity index (χ1) is 20.1. The van der Waals surface area contributed by atoms with Crippen LogP contribution in [0.25, 0.3) is 32.7 Å². The highest BCUT2D eigenvalue weighted by molar-refractivity contribution is 7.91. The van der Waals surface area contributed by atoms with Crippen molar-refractivity contribution in [1.82, 2.24) is 10.6 Å². The van der Waals surface area contributed by atoms with E-state index in [1.807, 2.05) is 60.7 Å². The van der Waals surface area contributed by atoms with Crippen molar-refractivity contribution in [3.63, 3.8) is 0 Å². The highest BCUT2D eigenvalue weighted by Crippen LogP contribution is 2.40. The minimum Gasteiger partial charge on any atom is -0.410 e. The van der Waals surface area contributed by atoms with Crippen LogP contribution in [-0.2, 0) is 19.7 Å². The SMILES string of the molecule is O=C(N[C@H]1CCS(=O)(=O)C1)Oc1ccc(-c2ccc(OC(=O)N[C@H]3CCS(=O)(=O)C3)c3ccccc23)c2ccccc12. The lowest BCUT2D eigenvalue weighted by Gasteiger charge is -2.16. The molecule has 218 valence electrons. The largest absolute Gasteiger partial charge is 0.412 e. The van der Waals surface area contributed by atoms with E-state index in [2.05, 4.69) is 10.6 Å². The third-order valence-corrected chi connectivity index (χ3v) is 11.1. The average molecular weight is 609 g/mol. The molecule has 0 aromatic heterocycles. The molecule has 4 aromatic carbocycles. The molecule has 42 heavy (non-hydrogen) atoms. The van der Waals surface area contributed by atoms with Crippen LogP contribution in [0.1, 0.15) is 12.8 Å². The van der Waals surface area contributed by atoms with Gasteiger partial charge < -0.3 is 20.1 Å². The van der Waals surface area contributed by atoms with Crippen molar-refractivity contribution in [2.45, 2.75) is 24.9 Å². The van der Waals surface area contributed by atoms with Crippen LogP contribution in [-0.4, -0.2) is 64.1 Å². The van der Waals surface area contributed by atoms with Gasteiger partial charge in [-0.1, -0.05) is 60.7 Å². The summed E-state index contributed by atoms with van der Waals surface area (Å²) in [4.78, 5) is 25.2. The molecule has 2 N–H and O–H groups in total. The molecular formula is C30H28N2O8S2. The lowest BCUT2D eigenvalue weighted by molar-refractivity contribution is 0.196. The van der Waals surface area contributed by atoms with Gasteiger partial charge in [0.25, 0.3) is 0 Å². The Morgan fingerprint density at radius 1 is 0.571 bits per heavy atom. The maximum absolute atomic E-state index is 12.6. The molecule has 2 aliphatic rings. The van der Waals surface area contributed by atoms with Crippen LogP contribution in [0, 0.1) is 0 Å². The Kier molecular flexibility index (Phi) is 7.27. The molecule has 0 aliphatic carbocycles. The number of rotatable bonds is 5. The van der Waals surface area contributed by atoms with Gasteiger partial charge in [-0.3, -0.25) is 0 Å². The molecule has 0 bridgehead atoms. The van der Waals surface area contributed by atoms with E-state index in [0.29, 0.717) is 35.1 Å². The fourth-order valence-electron chi connectivity index (χ4n) is 5.60. The number of benzene rings is 4. The van der Waals surface area contributed by atoms with E-state index in [0.717, 1.165) is 21.9 Å². The number of amides is 2. The summed E-state index contributed by atoms with van der Waals surface area (Å²) in [6, 6.07) is 21.1. The molecule has 2 fully saturated rings. The Labute approximate surface area is 242 Å². The summed E-state index contributed by atoms with van der Waals surface area (Å²) in [6.07, 6.45) is -0.715. The summed E-state index contributed by atoms with van der Waals surface area (Å²) in [5.74, 6) is 0.563. The molecule has 12 heteroatoms. The highest BCUT2D eigenvalue weighted by atomic mass is 32.2. The number of ether oxygens (including phenoxy) is 2. The van der Waals surface area contributed by atoms with Gasteiger partial charge in [-0.05, 0) is 46.9 Å². The van der Waals surface area contributed by atoms with E-state index in [9.17, 15) is 26.4 Å². The van der Waals surface area contributed by atoms with Gasteiger partial charge in [-0.15, -0.1) is 0 Å². The topological polar surface area (TPSA) is 145 Å². The number of nitrogens with one attached hydrogen (secondary N) is 2. The molecule has 0 radical (unpaired) electrons. The molecule has 10 nitrogen and oxygen atoms in total. The maximum Gasteiger partial charge on any atom is 0.412 e. The van der Waals surface area contributed by atoms with Crippen molar-refractivity contribution < 1.29 is 35.9 Å². The number of carbonyl (C=O) groups excluding carboxylic acids is 2. The molecule has 4 aromatic rings. The van der Waals surface area contributed by atoms with E-state index < -0.39 is 43.9 Å². The highest BCUT2D eigenvalue weighted by Gasteiger charge is 2.30. The fraction of sp³-hybridized carbons (Fsp3) is 0.267. The van der Waals surface area contributed by atoms with Crippen LogP contribution in [0.4, 0.5) is 9.59 Å². The van der Waals surface area contributed by atoms with Crippen LogP contribution in [0.15, 0.2) is 72.8 Å². The molecule has 2 atom stereocenters. The number of sulfone groups is 2. The predicted molar refractivity (Wildman–Crippen MR) is 159 cm³/mol. The summed E-state index contributed by atoms with van der Waals surface area (Å²) >= 11 is 0. The monoisotopic (exact) mass is 608 g/mol. The Morgan fingerprint density at radius 2 is 0.952 bits per heavy atom. The van der Waals surface area contributed by atoms with Crippen molar-refractivity contribution in [3.05, 3.63) is 72.8 Å². The smallest absolute Gasteiger partial charge is 0.410 e. The number of hydrogen-bond acceptors (Lipinski definition) is 8. The van der Waals surface area contributed by atoms with Crippen molar-refractivity contribution in [2.75, 3.05) is 23.0 Å². The number of hydrogen-bond donors (Lipinski definition) is 2. The molecule has 2 saturated heterocycles. The van der Waals surface area contributed by atoms with Crippen molar-refractivity contribution in [3.8, 4) is 22.6 Å². The van der Waals surface area contributed by atoms with Crippen LogP contribution in [0.3, 0.4) is 0 Å². The van der Waals surface area contributed by atoms with Gasteiger partial charge in [-0.25, -0.2) is 26.4 Å². The quantitative estimate of drug-likeness (QED) is 0.343. The Morgan fingerprint density at radius 3 is 1.31 bits per heavy atom. The second-order valence-corrected chi connectivity index (χ2v) is 15.0. The lowest BCUT2D eigenvalue weighted by atomic mass is 9.93. The number of fused-ring (bicyclic) bond motifs is 2.